The maximum Gasteiger partial charge on any atom is -0.00563 e. The Kier molecular flexibility index (Phi) is 3.75. The highest BCUT2D eigenvalue weighted by molar-refractivity contribution is 5.55. The lowest BCUT2D eigenvalue weighted by Crippen LogP contribution is -1.94. The summed E-state index contributed by atoms with van der Waals surface area (Å²) in [6.07, 6.45) is 4.67. The fourth-order valence-corrected chi connectivity index (χ4v) is 1.62. The Morgan fingerprint density at radius 3 is 2.57 bits per heavy atom. The van der Waals surface area contributed by atoms with E-state index in [9.17, 15) is 0 Å². The van der Waals surface area contributed by atoms with Gasteiger partial charge in [0.1, 0.15) is 0 Å². The van der Waals surface area contributed by atoms with Gasteiger partial charge >= 0.3 is 0 Å². The molecule has 1 rings (SSSR count). The quantitative estimate of drug-likeness (QED) is 0.775. The molecule has 0 heterocycles. The number of benzene rings is 1. The molecule has 0 unspecified atom stereocenters. The van der Waals surface area contributed by atoms with Crippen LogP contribution >= 0.6 is 0 Å². The fraction of sp³-hybridized carbons (Fsp3) is 0.385. The van der Waals surface area contributed by atoms with Crippen molar-refractivity contribution < 1.29 is 0 Å². The molecule has 0 aromatic heterocycles. The SMILES string of the molecule is CCc1ccc(C(C)C)c(/C=C\N)c1. The van der Waals surface area contributed by atoms with Gasteiger partial charge in [0.05, 0.1) is 0 Å². The summed E-state index contributed by atoms with van der Waals surface area (Å²) < 4.78 is 0. The summed E-state index contributed by atoms with van der Waals surface area (Å²) in [5.41, 5.74) is 9.42. The monoisotopic (exact) mass is 189 g/mol. The van der Waals surface area contributed by atoms with Crippen LogP contribution in [0.4, 0.5) is 0 Å². The fourth-order valence-electron chi connectivity index (χ4n) is 1.62. The van der Waals surface area contributed by atoms with Gasteiger partial charge in [-0.3, -0.25) is 0 Å². The molecule has 0 amide bonds. The number of aryl methyl sites for hydroxylation is 1. The molecule has 0 bridgehead atoms. The number of nitrogens with two attached hydrogens (primary N) is 1. The van der Waals surface area contributed by atoms with Gasteiger partial charge in [0.15, 0.2) is 0 Å². The summed E-state index contributed by atoms with van der Waals surface area (Å²) in [5, 5.41) is 0. The van der Waals surface area contributed by atoms with Gasteiger partial charge in [0, 0.05) is 0 Å². The maximum atomic E-state index is 5.44. The highest BCUT2D eigenvalue weighted by Crippen LogP contribution is 2.22. The zero-order valence-electron chi connectivity index (χ0n) is 9.25. The van der Waals surface area contributed by atoms with Gasteiger partial charge in [-0.25, -0.2) is 0 Å². The molecule has 0 aliphatic rings. The molecule has 1 aromatic rings. The van der Waals surface area contributed by atoms with Gasteiger partial charge < -0.3 is 5.73 Å². The van der Waals surface area contributed by atoms with Crippen LogP contribution in [0.5, 0.6) is 0 Å². The summed E-state index contributed by atoms with van der Waals surface area (Å²) in [4.78, 5) is 0. The first-order chi connectivity index (χ1) is 6.69. The molecule has 2 N–H and O–H groups in total. The molecule has 0 saturated carbocycles. The minimum absolute atomic E-state index is 0.548. The molecule has 0 aliphatic carbocycles. The summed E-state index contributed by atoms with van der Waals surface area (Å²) in [6.45, 7) is 6.57. The van der Waals surface area contributed by atoms with Crippen molar-refractivity contribution >= 4 is 6.08 Å². The third kappa shape index (κ3) is 2.38. The topological polar surface area (TPSA) is 26.0 Å². The maximum absolute atomic E-state index is 5.44. The predicted molar refractivity (Wildman–Crippen MR) is 63.1 cm³/mol. The Bertz CT molecular complexity index is 324. The minimum Gasteiger partial charge on any atom is -0.405 e. The van der Waals surface area contributed by atoms with E-state index in [4.69, 9.17) is 5.73 Å². The standard InChI is InChI=1S/C13H19N/c1-4-11-5-6-13(10(2)3)12(9-11)7-8-14/h5-10H,4,14H2,1-3H3/b8-7-. The molecule has 76 valence electrons. The Morgan fingerprint density at radius 1 is 1.36 bits per heavy atom. The van der Waals surface area contributed by atoms with Crippen molar-refractivity contribution in [2.24, 2.45) is 5.73 Å². The van der Waals surface area contributed by atoms with Crippen molar-refractivity contribution in [2.75, 3.05) is 0 Å². The number of hydrogen-bond acceptors (Lipinski definition) is 1. The Labute approximate surface area is 86.6 Å². The molecule has 0 radical (unpaired) electrons. The first-order valence-electron chi connectivity index (χ1n) is 5.20. The third-order valence-electron chi connectivity index (χ3n) is 2.46. The van der Waals surface area contributed by atoms with Crippen molar-refractivity contribution in [3.8, 4) is 0 Å². The van der Waals surface area contributed by atoms with Crippen molar-refractivity contribution in [2.45, 2.75) is 33.1 Å². The normalized spacial score (nSPS) is 11.4. The molecule has 14 heavy (non-hydrogen) atoms. The number of rotatable bonds is 3. The molecule has 1 aromatic carbocycles. The van der Waals surface area contributed by atoms with Gasteiger partial charge in [0.2, 0.25) is 0 Å². The molecule has 0 atom stereocenters. The van der Waals surface area contributed by atoms with Gasteiger partial charge in [0.25, 0.3) is 0 Å². The summed E-state index contributed by atoms with van der Waals surface area (Å²) in [7, 11) is 0. The third-order valence-corrected chi connectivity index (χ3v) is 2.46. The lowest BCUT2D eigenvalue weighted by molar-refractivity contribution is 0.862. The molecular formula is C13H19N. The van der Waals surface area contributed by atoms with E-state index in [-0.39, 0.29) is 0 Å². The summed E-state index contributed by atoms with van der Waals surface area (Å²) in [5.74, 6) is 0.548. The van der Waals surface area contributed by atoms with Gasteiger partial charge in [-0.15, -0.1) is 0 Å². The van der Waals surface area contributed by atoms with E-state index < -0.39 is 0 Å². The second kappa shape index (κ2) is 4.85. The van der Waals surface area contributed by atoms with Crippen LogP contribution in [0.1, 0.15) is 43.4 Å². The van der Waals surface area contributed by atoms with Gasteiger partial charge in [-0.1, -0.05) is 39.0 Å². The highest BCUT2D eigenvalue weighted by atomic mass is 14.5. The average Bonchev–Trinajstić information content (AvgIpc) is 2.17. The second-order valence-electron chi connectivity index (χ2n) is 3.83. The van der Waals surface area contributed by atoms with Crippen LogP contribution in [0, 0.1) is 0 Å². The van der Waals surface area contributed by atoms with E-state index in [1.165, 1.54) is 16.7 Å². The largest absolute Gasteiger partial charge is 0.405 e. The Balaban J connectivity index is 3.16. The molecule has 0 fully saturated rings. The lowest BCUT2D eigenvalue weighted by Gasteiger charge is -2.11. The lowest BCUT2D eigenvalue weighted by atomic mass is 9.94. The molecular weight excluding hydrogens is 170 g/mol. The molecule has 1 nitrogen and oxygen atoms in total. The molecule has 1 heteroatoms. The van der Waals surface area contributed by atoms with Crippen molar-refractivity contribution in [3.05, 3.63) is 41.1 Å². The van der Waals surface area contributed by atoms with E-state index >= 15 is 0 Å². The van der Waals surface area contributed by atoms with E-state index in [1.54, 1.807) is 6.20 Å². The van der Waals surface area contributed by atoms with Gasteiger partial charge in [-0.2, -0.15) is 0 Å². The van der Waals surface area contributed by atoms with Crippen molar-refractivity contribution in [1.29, 1.82) is 0 Å². The van der Waals surface area contributed by atoms with E-state index in [2.05, 4.69) is 39.0 Å². The van der Waals surface area contributed by atoms with Crippen LogP contribution in [-0.4, -0.2) is 0 Å². The van der Waals surface area contributed by atoms with Crippen molar-refractivity contribution in [1.82, 2.24) is 0 Å². The zero-order valence-corrected chi connectivity index (χ0v) is 9.25. The first kappa shape index (κ1) is 10.8. The smallest absolute Gasteiger partial charge is 0.00563 e. The minimum atomic E-state index is 0.548. The average molecular weight is 189 g/mol. The molecule has 0 spiro atoms. The van der Waals surface area contributed by atoms with E-state index in [0.29, 0.717) is 5.92 Å². The second-order valence-corrected chi connectivity index (χ2v) is 3.83. The summed E-state index contributed by atoms with van der Waals surface area (Å²) >= 11 is 0. The van der Waals surface area contributed by atoms with E-state index in [1.807, 2.05) is 6.08 Å². The van der Waals surface area contributed by atoms with E-state index in [0.717, 1.165) is 6.42 Å². The highest BCUT2D eigenvalue weighted by Gasteiger charge is 2.04. The predicted octanol–water partition coefficient (Wildman–Crippen LogP) is 3.30. The molecule has 0 saturated heterocycles. The Morgan fingerprint density at radius 2 is 2.07 bits per heavy atom. The van der Waals surface area contributed by atoms with Crippen LogP contribution in [-0.2, 0) is 6.42 Å². The number of hydrogen-bond donors (Lipinski definition) is 1. The zero-order chi connectivity index (χ0) is 10.6. The van der Waals surface area contributed by atoms with Crippen LogP contribution in [0.2, 0.25) is 0 Å². The van der Waals surface area contributed by atoms with Crippen LogP contribution in [0.25, 0.3) is 6.08 Å². The first-order valence-corrected chi connectivity index (χ1v) is 5.20. The van der Waals surface area contributed by atoms with Crippen LogP contribution < -0.4 is 5.73 Å². The van der Waals surface area contributed by atoms with Crippen molar-refractivity contribution in [3.63, 3.8) is 0 Å². The van der Waals surface area contributed by atoms with Crippen LogP contribution in [0.15, 0.2) is 24.4 Å². The Hall–Kier alpha value is -1.24. The summed E-state index contributed by atoms with van der Waals surface area (Å²) in [6, 6.07) is 6.63. The van der Waals surface area contributed by atoms with Gasteiger partial charge in [-0.05, 0) is 41.3 Å². The molecule has 0 aliphatic heterocycles. The van der Waals surface area contributed by atoms with Crippen LogP contribution in [0.3, 0.4) is 0 Å².